The summed E-state index contributed by atoms with van der Waals surface area (Å²) in [5.41, 5.74) is 1.14. The van der Waals surface area contributed by atoms with Crippen molar-refractivity contribution in [3.8, 4) is 0 Å². The molecule has 2 rings (SSSR count). The number of hydrogen-bond acceptors (Lipinski definition) is 3. The molecule has 0 atom stereocenters. The van der Waals surface area contributed by atoms with Crippen molar-refractivity contribution in [1.82, 2.24) is 20.2 Å². The van der Waals surface area contributed by atoms with Crippen LogP contribution in [0.4, 0.5) is 0 Å². The highest BCUT2D eigenvalue weighted by Crippen LogP contribution is 2.25. The SMILES string of the molecule is Cc1cnc(C(C)(C)N2CCNCC2)[nH]1. The second-order valence-corrected chi connectivity index (χ2v) is 4.71. The Morgan fingerprint density at radius 1 is 1.33 bits per heavy atom. The molecule has 0 aliphatic carbocycles. The molecule has 15 heavy (non-hydrogen) atoms. The quantitative estimate of drug-likeness (QED) is 0.757. The molecule has 2 N–H and O–H groups in total. The molecular formula is C11H20N4. The van der Waals surface area contributed by atoms with Gasteiger partial charge in [-0.15, -0.1) is 0 Å². The zero-order chi connectivity index (χ0) is 10.9. The van der Waals surface area contributed by atoms with Gasteiger partial charge in [0.25, 0.3) is 0 Å². The maximum atomic E-state index is 4.45. The Hall–Kier alpha value is -0.870. The lowest BCUT2D eigenvalue weighted by Gasteiger charge is -2.39. The molecule has 1 aliphatic heterocycles. The summed E-state index contributed by atoms with van der Waals surface area (Å²) in [7, 11) is 0. The van der Waals surface area contributed by atoms with Gasteiger partial charge in [-0.05, 0) is 20.8 Å². The van der Waals surface area contributed by atoms with E-state index in [1.54, 1.807) is 0 Å². The topological polar surface area (TPSA) is 44.0 Å². The van der Waals surface area contributed by atoms with Crippen LogP contribution in [0, 0.1) is 6.92 Å². The van der Waals surface area contributed by atoms with Crippen LogP contribution >= 0.6 is 0 Å². The van der Waals surface area contributed by atoms with Crippen LogP contribution in [0.25, 0.3) is 0 Å². The second kappa shape index (κ2) is 3.94. The number of H-pyrrole nitrogens is 1. The van der Waals surface area contributed by atoms with E-state index in [0.29, 0.717) is 0 Å². The minimum absolute atomic E-state index is 0.0103. The summed E-state index contributed by atoms with van der Waals surface area (Å²) in [5.74, 6) is 1.07. The molecule has 84 valence electrons. The molecule has 0 amide bonds. The predicted molar refractivity (Wildman–Crippen MR) is 60.8 cm³/mol. The van der Waals surface area contributed by atoms with Gasteiger partial charge < -0.3 is 10.3 Å². The summed E-state index contributed by atoms with van der Waals surface area (Å²) in [5, 5.41) is 3.37. The minimum atomic E-state index is 0.0103. The van der Waals surface area contributed by atoms with Crippen molar-refractivity contribution in [2.75, 3.05) is 26.2 Å². The van der Waals surface area contributed by atoms with Crippen LogP contribution in [0.15, 0.2) is 6.20 Å². The van der Waals surface area contributed by atoms with Crippen molar-refractivity contribution in [2.24, 2.45) is 0 Å². The zero-order valence-corrected chi connectivity index (χ0v) is 9.80. The van der Waals surface area contributed by atoms with Gasteiger partial charge in [0.1, 0.15) is 5.82 Å². The van der Waals surface area contributed by atoms with Crippen LogP contribution in [0.1, 0.15) is 25.4 Å². The van der Waals surface area contributed by atoms with E-state index in [9.17, 15) is 0 Å². The summed E-state index contributed by atoms with van der Waals surface area (Å²) in [6.07, 6.45) is 1.90. The van der Waals surface area contributed by atoms with E-state index in [1.807, 2.05) is 13.1 Å². The zero-order valence-electron chi connectivity index (χ0n) is 9.80. The fraction of sp³-hybridized carbons (Fsp3) is 0.727. The van der Waals surface area contributed by atoms with Crippen molar-refractivity contribution in [2.45, 2.75) is 26.3 Å². The number of imidazole rings is 1. The smallest absolute Gasteiger partial charge is 0.126 e. The Kier molecular flexibility index (Phi) is 2.80. The van der Waals surface area contributed by atoms with Gasteiger partial charge in [0, 0.05) is 38.1 Å². The van der Waals surface area contributed by atoms with Crippen LogP contribution in [0.3, 0.4) is 0 Å². The molecule has 1 fully saturated rings. The number of nitrogens with zero attached hydrogens (tertiary/aromatic N) is 2. The van der Waals surface area contributed by atoms with Gasteiger partial charge in [-0.2, -0.15) is 0 Å². The molecule has 4 heteroatoms. The largest absolute Gasteiger partial charge is 0.345 e. The molecule has 0 spiro atoms. The number of aryl methyl sites for hydroxylation is 1. The van der Waals surface area contributed by atoms with E-state index in [4.69, 9.17) is 0 Å². The molecule has 2 heterocycles. The van der Waals surface area contributed by atoms with Gasteiger partial charge in [0.15, 0.2) is 0 Å². The average Bonchev–Trinajstić information content (AvgIpc) is 2.67. The number of piperazine rings is 1. The summed E-state index contributed by atoms with van der Waals surface area (Å²) in [6, 6.07) is 0. The van der Waals surface area contributed by atoms with Crippen molar-refractivity contribution < 1.29 is 0 Å². The third-order valence-electron chi connectivity index (χ3n) is 3.19. The van der Waals surface area contributed by atoms with Gasteiger partial charge in [0.2, 0.25) is 0 Å². The summed E-state index contributed by atoms with van der Waals surface area (Å²) in [6.45, 7) is 10.8. The molecule has 0 aromatic carbocycles. The van der Waals surface area contributed by atoms with Crippen LogP contribution in [0.5, 0.6) is 0 Å². The molecule has 0 bridgehead atoms. The monoisotopic (exact) mass is 208 g/mol. The summed E-state index contributed by atoms with van der Waals surface area (Å²) in [4.78, 5) is 10.3. The Bertz CT molecular complexity index is 323. The van der Waals surface area contributed by atoms with Gasteiger partial charge in [0.05, 0.1) is 5.54 Å². The van der Waals surface area contributed by atoms with Crippen molar-refractivity contribution in [3.05, 3.63) is 17.7 Å². The number of aromatic amines is 1. The fourth-order valence-electron chi connectivity index (χ4n) is 2.10. The molecule has 4 nitrogen and oxygen atoms in total. The second-order valence-electron chi connectivity index (χ2n) is 4.71. The van der Waals surface area contributed by atoms with Gasteiger partial charge >= 0.3 is 0 Å². The van der Waals surface area contributed by atoms with Gasteiger partial charge in [-0.3, -0.25) is 4.90 Å². The number of hydrogen-bond donors (Lipinski definition) is 2. The first-order chi connectivity index (χ1) is 7.10. The molecule has 0 unspecified atom stereocenters. The molecule has 0 radical (unpaired) electrons. The average molecular weight is 208 g/mol. The van der Waals surface area contributed by atoms with E-state index in [2.05, 4.69) is 34.0 Å². The van der Waals surface area contributed by atoms with Crippen molar-refractivity contribution in [3.63, 3.8) is 0 Å². The first-order valence-corrected chi connectivity index (χ1v) is 5.58. The molecule has 1 aromatic heterocycles. The van der Waals surface area contributed by atoms with E-state index in [1.165, 1.54) is 0 Å². The van der Waals surface area contributed by atoms with Crippen LogP contribution in [-0.4, -0.2) is 41.0 Å². The van der Waals surface area contributed by atoms with Crippen LogP contribution in [0.2, 0.25) is 0 Å². The number of nitrogens with one attached hydrogen (secondary N) is 2. The normalized spacial score (nSPS) is 19.4. The van der Waals surface area contributed by atoms with Crippen molar-refractivity contribution in [1.29, 1.82) is 0 Å². The lowest BCUT2D eigenvalue weighted by molar-refractivity contribution is 0.0955. The Morgan fingerprint density at radius 2 is 2.00 bits per heavy atom. The van der Waals surface area contributed by atoms with Crippen molar-refractivity contribution >= 4 is 0 Å². The Morgan fingerprint density at radius 3 is 2.53 bits per heavy atom. The highest BCUT2D eigenvalue weighted by Gasteiger charge is 2.31. The first-order valence-electron chi connectivity index (χ1n) is 5.58. The van der Waals surface area contributed by atoms with E-state index in [-0.39, 0.29) is 5.54 Å². The highest BCUT2D eigenvalue weighted by molar-refractivity contribution is 5.08. The number of aromatic nitrogens is 2. The molecular weight excluding hydrogens is 188 g/mol. The standard InChI is InChI=1S/C11H20N4/c1-9-8-13-10(14-9)11(2,3)15-6-4-12-5-7-15/h8,12H,4-7H2,1-3H3,(H,13,14). The minimum Gasteiger partial charge on any atom is -0.345 e. The fourth-order valence-corrected chi connectivity index (χ4v) is 2.10. The van der Waals surface area contributed by atoms with Crippen LogP contribution < -0.4 is 5.32 Å². The lowest BCUT2D eigenvalue weighted by Crippen LogP contribution is -2.52. The molecule has 1 aliphatic rings. The van der Waals surface area contributed by atoms with Gasteiger partial charge in [-0.25, -0.2) is 4.98 Å². The highest BCUT2D eigenvalue weighted by atomic mass is 15.3. The lowest BCUT2D eigenvalue weighted by atomic mass is 10.0. The Balaban J connectivity index is 2.17. The number of rotatable bonds is 2. The summed E-state index contributed by atoms with van der Waals surface area (Å²) >= 11 is 0. The molecule has 1 saturated heterocycles. The predicted octanol–water partition coefficient (Wildman–Crippen LogP) is 0.858. The Labute approximate surface area is 91.1 Å². The van der Waals surface area contributed by atoms with Crippen LogP contribution in [-0.2, 0) is 5.54 Å². The molecule has 0 saturated carbocycles. The maximum absolute atomic E-state index is 4.45. The van der Waals surface area contributed by atoms with E-state index < -0.39 is 0 Å². The summed E-state index contributed by atoms with van der Waals surface area (Å²) < 4.78 is 0. The maximum Gasteiger partial charge on any atom is 0.126 e. The third-order valence-corrected chi connectivity index (χ3v) is 3.19. The van der Waals surface area contributed by atoms with E-state index >= 15 is 0 Å². The molecule has 1 aromatic rings. The third kappa shape index (κ3) is 2.06. The first kappa shape index (κ1) is 10.6. The van der Waals surface area contributed by atoms with E-state index in [0.717, 1.165) is 37.7 Å². The van der Waals surface area contributed by atoms with Gasteiger partial charge in [-0.1, -0.05) is 0 Å².